The molecule has 0 aromatic carbocycles. The standard InChI is InChI=1S/C11H22N2/c1-5-12-6-7-13(8-10(2)3)11(4)9-12/h11H,2,5-9H2,1,3-4H3. The van der Waals surface area contributed by atoms with Gasteiger partial charge in [0, 0.05) is 32.2 Å². The number of rotatable bonds is 3. The van der Waals surface area contributed by atoms with Crippen molar-refractivity contribution in [2.24, 2.45) is 0 Å². The predicted octanol–water partition coefficient (Wildman–Crippen LogP) is 1.59. The smallest absolute Gasteiger partial charge is 0.0198 e. The van der Waals surface area contributed by atoms with Crippen molar-refractivity contribution in [3.63, 3.8) is 0 Å². The van der Waals surface area contributed by atoms with E-state index in [0.29, 0.717) is 6.04 Å². The van der Waals surface area contributed by atoms with Gasteiger partial charge in [-0.15, -0.1) is 0 Å². The zero-order valence-electron chi connectivity index (χ0n) is 9.21. The molecule has 0 aromatic rings. The fraction of sp³-hybridized carbons (Fsp3) is 0.818. The highest BCUT2D eigenvalue weighted by molar-refractivity contribution is 4.94. The summed E-state index contributed by atoms with van der Waals surface area (Å²) in [7, 11) is 0. The highest BCUT2D eigenvalue weighted by atomic mass is 15.3. The summed E-state index contributed by atoms with van der Waals surface area (Å²) in [5.74, 6) is 0. The molecule has 0 N–H and O–H groups in total. The average molecular weight is 182 g/mol. The minimum Gasteiger partial charge on any atom is -0.301 e. The van der Waals surface area contributed by atoms with E-state index in [-0.39, 0.29) is 0 Å². The van der Waals surface area contributed by atoms with Crippen LogP contribution in [0.5, 0.6) is 0 Å². The zero-order valence-corrected chi connectivity index (χ0v) is 9.21. The van der Waals surface area contributed by atoms with E-state index in [1.807, 2.05) is 0 Å². The summed E-state index contributed by atoms with van der Waals surface area (Å²) in [5.41, 5.74) is 1.27. The van der Waals surface area contributed by atoms with Crippen LogP contribution in [0.15, 0.2) is 12.2 Å². The minimum absolute atomic E-state index is 0.686. The van der Waals surface area contributed by atoms with Crippen molar-refractivity contribution in [3.8, 4) is 0 Å². The largest absolute Gasteiger partial charge is 0.301 e. The molecule has 1 fully saturated rings. The van der Waals surface area contributed by atoms with Gasteiger partial charge in [-0.25, -0.2) is 0 Å². The van der Waals surface area contributed by atoms with Crippen LogP contribution in [0, 0.1) is 0 Å². The number of nitrogens with zero attached hydrogens (tertiary/aromatic N) is 2. The number of piperazine rings is 1. The topological polar surface area (TPSA) is 6.48 Å². The first-order valence-electron chi connectivity index (χ1n) is 5.24. The molecule has 0 amide bonds. The Bertz CT molecular complexity index is 177. The van der Waals surface area contributed by atoms with Gasteiger partial charge in [-0.1, -0.05) is 19.1 Å². The van der Waals surface area contributed by atoms with Crippen LogP contribution in [0.25, 0.3) is 0 Å². The molecule has 0 aliphatic carbocycles. The Morgan fingerprint density at radius 1 is 1.46 bits per heavy atom. The Balaban J connectivity index is 2.39. The SMILES string of the molecule is C=C(C)CN1CCN(CC)CC1C. The van der Waals surface area contributed by atoms with Crippen molar-refractivity contribution in [1.82, 2.24) is 9.80 Å². The minimum atomic E-state index is 0.686. The zero-order chi connectivity index (χ0) is 9.84. The predicted molar refractivity (Wildman–Crippen MR) is 58.0 cm³/mol. The summed E-state index contributed by atoms with van der Waals surface area (Å²) in [6, 6.07) is 0.686. The third-order valence-electron chi connectivity index (χ3n) is 2.77. The Morgan fingerprint density at radius 2 is 2.15 bits per heavy atom. The van der Waals surface area contributed by atoms with E-state index >= 15 is 0 Å². The average Bonchev–Trinajstić information content (AvgIpc) is 2.08. The first kappa shape index (κ1) is 10.7. The number of hydrogen-bond acceptors (Lipinski definition) is 2. The second-order valence-corrected chi connectivity index (χ2v) is 4.17. The molecule has 0 radical (unpaired) electrons. The fourth-order valence-corrected chi connectivity index (χ4v) is 1.94. The molecule has 1 saturated heterocycles. The molecule has 2 nitrogen and oxygen atoms in total. The molecule has 0 aromatic heterocycles. The molecule has 2 heteroatoms. The van der Waals surface area contributed by atoms with E-state index in [0.717, 1.165) is 6.54 Å². The number of hydrogen-bond donors (Lipinski definition) is 0. The van der Waals surface area contributed by atoms with Crippen molar-refractivity contribution < 1.29 is 0 Å². The highest BCUT2D eigenvalue weighted by Gasteiger charge is 2.21. The van der Waals surface area contributed by atoms with Crippen LogP contribution < -0.4 is 0 Å². The van der Waals surface area contributed by atoms with Gasteiger partial charge in [-0.2, -0.15) is 0 Å². The van der Waals surface area contributed by atoms with Crippen LogP contribution in [-0.2, 0) is 0 Å². The van der Waals surface area contributed by atoms with Gasteiger partial charge in [0.05, 0.1) is 0 Å². The lowest BCUT2D eigenvalue weighted by atomic mass is 10.1. The monoisotopic (exact) mass is 182 g/mol. The van der Waals surface area contributed by atoms with Gasteiger partial charge < -0.3 is 4.90 Å². The summed E-state index contributed by atoms with van der Waals surface area (Å²) >= 11 is 0. The molecule has 76 valence electrons. The van der Waals surface area contributed by atoms with Gasteiger partial charge in [0.2, 0.25) is 0 Å². The van der Waals surface area contributed by atoms with E-state index in [9.17, 15) is 0 Å². The van der Waals surface area contributed by atoms with Gasteiger partial charge in [-0.05, 0) is 20.4 Å². The first-order chi connectivity index (χ1) is 6.13. The fourth-order valence-electron chi connectivity index (χ4n) is 1.94. The van der Waals surface area contributed by atoms with E-state index < -0.39 is 0 Å². The summed E-state index contributed by atoms with van der Waals surface area (Å²) in [5, 5.41) is 0. The van der Waals surface area contributed by atoms with Crippen LogP contribution in [0.2, 0.25) is 0 Å². The Hall–Kier alpha value is -0.340. The van der Waals surface area contributed by atoms with Crippen molar-refractivity contribution >= 4 is 0 Å². The van der Waals surface area contributed by atoms with E-state index in [4.69, 9.17) is 0 Å². The van der Waals surface area contributed by atoms with E-state index in [1.165, 1.54) is 31.8 Å². The Labute approximate surface area is 82.2 Å². The second kappa shape index (κ2) is 4.77. The maximum absolute atomic E-state index is 3.97. The molecule has 0 saturated carbocycles. The lowest BCUT2D eigenvalue weighted by Gasteiger charge is -2.39. The van der Waals surface area contributed by atoms with Crippen LogP contribution in [-0.4, -0.2) is 48.6 Å². The number of likely N-dealkylation sites (N-methyl/N-ethyl adjacent to an activating group) is 1. The maximum Gasteiger partial charge on any atom is 0.0198 e. The lowest BCUT2D eigenvalue weighted by Crippen LogP contribution is -2.51. The van der Waals surface area contributed by atoms with Crippen molar-refractivity contribution in [3.05, 3.63) is 12.2 Å². The molecule has 0 bridgehead atoms. The normalized spacial score (nSPS) is 26.2. The third-order valence-corrected chi connectivity index (χ3v) is 2.77. The van der Waals surface area contributed by atoms with Crippen LogP contribution >= 0.6 is 0 Å². The molecule has 1 atom stereocenters. The lowest BCUT2D eigenvalue weighted by molar-refractivity contribution is 0.0952. The third kappa shape index (κ3) is 3.12. The van der Waals surface area contributed by atoms with Gasteiger partial charge in [0.25, 0.3) is 0 Å². The highest BCUT2D eigenvalue weighted by Crippen LogP contribution is 2.10. The quantitative estimate of drug-likeness (QED) is 0.612. The summed E-state index contributed by atoms with van der Waals surface area (Å²) < 4.78 is 0. The summed E-state index contributed by atoms with van der Waals surface area (Å²) in [6.45, 7) is 16.5. The van der Waals surface area contributed by atoms with Crippen LogP contribution in [0.1, 0.15) is 20.8 Å². The van der Waals surface area contributed by atoms with Gasteiger partial charge in [-0.3, -0.25) is 4.90 Å². The van der Waals surface area contributed by atoms with Crippen LogP contribution in [0.3, 0.4) is 0 Å². The Morgan fingerprint density at radius 3 is 2.62 bits per heavy atom. The molecular formula is C11H22N2. The molecule has 1 unspecified atom stereocenters. The van der Waals surface area contributed by atoms with E-state index in [2.05, 4.69) is 37.1 Å². The maximum atomic E-state index is 3.97. The van der Waals surface area contributed by atoms with Crippen LogP contribution in [0.4, 0.5) is 0 Å². The summed E-state index contributed by atoms with van der Waals surface area (Å²) in [6.07, 6.45) is 0. The molecule has 0 spiro atoms. The molecular weight excluding hydrogens is 160 g/mol. The molecule has 1 rings (SSSR count). The van der Waals surface area contributed by atoms with Crippen molar-refractivity contribution in [2.75, 3.05) is 32.7 Å². The van der Waals surface area contributed by atoms with Crippen molar-refractivity contribution in [1.29, 1.82) is 0 Å². The van der Waals surface area contributed by atoms with Crippen molar-refractivity contribution in [2.45, 2.75) is 26.8 Å². The molecule has 1 aliphatic heterocycles. The Kier molecular flexibility index (Phi) is 3.94. The van der Waals surface area contributed by atoms with Gasteiger partial charge >= 0.3 is 0 Å². The first-order valence-corrected chi connectivity index (χ1v) is 5.24. The summed E-state index contributed by atoms with van der Waals surface area (Å²) in [4.78, 5) is 5.04. The van der Waals surface area contributed by atoms with Gasteiger partial charge in [0.1, 0.15) is 0 Å². The van der Waals surface area contributed by atoms with Gasteiger partial charge in [0.15, 0.2) is 0 Å². The molecule has 1 aliphatic rings. The molecule has 13 heavy (non-hydrogen) atoms. The second-order valence-electron chi connectivity index (χ2n) is 4.17. The van der Waals surface area contributed by atoms with E-state index in [1.54, 1.807) is 0 Å². The molecule has 1 heterocycles.